The highest BCUT2D eigenvalue weighted by molar-refractivity contribution is 8.04. The fourth-order valence-corrected chi connectivity index (χ4v) is 3.80. The Balaban J connectivity index is 1.80. The van der Waals surface area contributed by atoms with Crippen LogP contribution in [0.4, 0.5) is 10.1 Å². The van der Waals surface area contributed by atoms with Gasteiger partial charge < -0.3 is 4.74 Å². The van der Waals surface area contributed by atoms with Gasteiger partial charge in [-0.25, -0.2) is 9.18 Å². The minimum atomic E-state index is -0.425. The van der Waals surface area contributed by atoms with Crippen LogP contribution in [0.25, 0.3) is 0 Å². The van der Waals surface area contributed by atoms with E-state index in [1.54, 1.807) is 28.9 Å². The van der Waals surface area contributed by atoms with Gasteiger partial charge in [-0.1, -0.05) is 6.08 Å². The summed E-state index contributed by atoms with van der Waals surface area (Å²) in [4.78, 5) is 11.7. The highest BCUT2D eigenvalue weighted by atomic mass is 32.2. The normalized spacial score (nSPS) is 31.2. The summed E-state index contributed by atoms with van der Waals surface area (Å²) in [6, 6.07) is 6.05. The van der Waals surface area contributed by atoms with E-state index < -0.39 is 4.75 Å². The van der Waals surface area contributed by atoms with Gasteiger partial charge in [-0.05, 0) is 29.7 Å². The van der Waals surface area contributed by atoms with Crippen LogP contribution < -0.4 is 5.01 Å². The number of cyclic esters (lactones) is 1. The molecule has 0 unspecified atom stereocenters. The van der Waals surface area contributed by atoms with Crippen molar-refractivity contribution in [2.75, 3.05) is 11.6 Å². The van der Waals surface area contributed by atoms with Gasteiger partial charge in [-0.3, -0.25) is 5.01 Å². The van der Waals surface area contributed by atoms with Gasteiger partial charge >= 0.3 is 5.97 Å². The fourth-order valence-electron chi connectivity index (χ4n) is 2.64. The Labute approximate surface area is 112 Å². The number of benzene rings is 1. The van der Waals surface area contributed by atoms with E-state index in [4.69, 9.17) is 4.74 Å². The first kappa shape index (κ1) is 11.0. The van der Waals surface area contributed by atoms with E-state index in [-0.39, 0.29) is 17.8 Å². The number of esters is 1. The number of halogens is 1. The summed E-state index contributed by atoms with van der Waals surface area (Å²) >= 11 is 1.56. The van der Waals surface area contributed by atoms with Gasteiger partial charge in [-0.2, -0.15) is 5.10 Å². The van der Waals surface area contributed by atoms with Crippen molar-refractivity contribution in [2.24, 2.45) is 5.10 Å². The molecule has 2 atom stereocenters. The van der Waals surface area contributed by atoms with Crippen LogP contribution in [0.15, 0.2) is 40.9 Å². The molecule has 1 aromatic carbocycles. The zero-order chi connectivity index (χ0) is 13.0. The number of carbonyl (C=O) groups excluding carboxylic acids is 1. The smallest absolute Gasteiger partial charge is 0.356 e. The number of ether oxygens (including phenoxy) is 1. The van der Waals surface area contributed by atoms with Gasteiger partial charge in [0.1, 0.15) is 17.2 Å². The molecule has 4 rings (SSSR count). The summed E-state index contributed by atoms with van der Waals surface area (Å²) < 4.78 is 17.7. The Morgan fingerprint density at radius 1 is 1.42 bits per heavy atom. The Hall–Kier alpha value is -1.82. The standard InChI is InChI=1S/C13H9FN2O2S/c14-8-1-3-9(4-2-8)16-10-5-6-19-13(10)7-18-12(17)11(13)15-16/h1-6,10H,7H2/t10-,13+/m1/s1. The molecule has 1 spiro atoms. The molecule has 96 valence electrons. The molecule has 1 saturated heterocycles. The van der Waals surface area contributed by atoms with Gasteiger partial charge in [0.25, 0.3) is 0 Å². The third kappa shape index (κ3) is 1.35. The topological polar surface area (TPSA) is 41.9 Å². The van der Waals surface area contributed by atoms with Crippen LogP contribution in [-0.4, -0.2) is 29.1 Å². The van der Waals surface area contributed by atoms with Crippen LogP contribution >= 0.6 is 11.8 Å². The Morgan fingerprint density at radius 3 is 3.00 bits per heavy atom. The molecule has 6 heteroatoms. The number of hydrogen-bond donors (Lipinski definition) is 0. The van der Waals surface area contributed by atoms with Crippen LogP contribution in [0, 0.1) is 5.82 Å². The average Bonchev–Trinajstić information content (AvgIpc) is 3.02. The lowest BCUT2D eigenvalue weighted by Crippen LogP contribution is -2.44. The van der Waals surface area contributed by atoms with Crippen LogP contribution in [0.2, 0.25) is 0 Å². The molecule has 3 aliphatic heterocycles. The molecule has 4 nitrogen and oxygen atoms in total. The van der Waals surface area contributed by atoms with Crippen molar-refractivity contribution >= 4 is 29.1 Å². The van der Waals surface area contributed by atoms with Crippen molar-refractivity contribution in [3.63, 3.8) is 0 Å². The predicted octanol–water partition coefficient (Wildman–Crippen LogP) is 1.93. The minimum absolute atomic E-state index is 0.0515. The number of anilines is 1. The zero-order valence-corrected chi connectivity index (χ0v) is 10.6. The van der Waals surface area contributed by atoms with Crippen LogP contribution in [-0.2, 0) is 9.53 Å². The van der Waals surface area contributed by atoms with Crippen molar-refractivity contribution in [1.82, 2.24) is 0 Å². The van der Waals surface area contributed by atoms with E-state index in [2.05, 4.69) is 5.10 Å². The highest BCUT2D eigenvalue weighted by Gasteiger charge is 2.60. The van der Waals surface area contributed by atoms with Gasteiger partial charge in [0.15, 0.2) is 5.71 Å². The number of hydrogen-bond acceptors (Lipinski definition) is 5. The molecular weight excluding hydrogens is 267 g/mol. The maximum absolute atomic E-state index is 13.0. The third-order valence-corrected chi connectivity index (χ3v) is 4.86. The average molecular weight is 276 g/mol. The second kappa shape index (κ2) is 3.60. The second-order valence-corrected chi connectivity index (χ2v) is 5.86. The van der Waals surface area contributed by atoms with E-state index in [9.17, 15) is 9.18 Å². The molecule has 0 radical (unpaired) electrons. The van der Waals surface area contributed by atoms with Crippen molar-refractivity contribution in [3.8, 4) is 0 Å². The van der Waals surface area contributed by atoms with Crippen molar-refractivity contribution in [3.05, 3.63) is 41.6 Å². The predicted molar refractivity (Wildman–Crippen MR) is 70.5 cm³/mol. The maximum atomic E-state index is 13.0. The zero-order valence-electron chi connectivity index (χ0n) is 9.75. The van der Waals surface area contributed by atoms with Crippen LogP contribution in [0.3, 0.4) is 0 Å². The molecule has 0 aliphatic carbocycles. The largest absolute Gasteiger partial charge is 0.459 e. The lowest BCUT2D eigenvalue weighted by molar-refractivity contribution is -0.133. The number of nitrogens with zero attached hydrogens (tertiary/aromatic N) is 2. The first-order chi connectivity index (χ1) is 9.21. The first-order valence-electron chi connectivity index (χ1n) is 5.86. The number of rotatable bonds is 1. The SMILES string of the molecule is O=C1OC[C@]23SC=C[C@H]2N(c2ccc(F)cc2)N=C13. The third-order valence-electron chi connectivity index (χ3n) is 3.59. The van der Waals surface area contributed by atoms with E-state index in [1.807, 2.05) is 11.5 Å². The second-order valence-electron chi connectivity index (χ2n) is 4.63. The maximum Gasteiger partial charge on any atom is 0.356 e. The molecule has 0 N–H and O–H groups in total. The Bertz CT molecular complexity index is 628. The minimum Gasteiger partial charge on any atom is -0.459 e. The summed E-state index contributed by atoms with van der Waals surface area (Å²) in [5, 5.41) is 8.13. The highest BCUT2D eigenvalue weighted by Crippen LogP contribution is 2.49. The summed E-state index contributed by atoms with van der Waals surface area (Å²) in [6.45, 7) is 0.338. The van der Waals surface area contributed by atoms with Crippen LogP contribution in [0.1, 0.15) is 0 Å². The Morgan fingerprint density at radius 2 is 2.21 bits per heavy atom. The van der Waals surface area contributed by atoms with Crippen molar-refractivity contribution in [2.45, 2.75) is 10.8 Å². The summed E-state index contributed by atoms with van der Waals surface area (Å²) in [5.74, 6) is -0.646. The molecule has 1 aromatic rings. The molecular formula is C13H9FN2O2S. The lowest BCUT2D eigenvalue weighted by atomic mass is 9.97. The molecule has 3 aliphatic rings. The number of carbonyl (C=O) groups is 1. The monoisotopic (exact) mass is 276 g/mol. The summed E-state index contributed by atoms with van der Waals surface area (Å²) in [5.41, 5.74) is 1.23. The molecule has 0 saturated carbocycles. The van der Waals surface area contributed by atoms with E-state index in [0.717, 1.165) is 5.69 Å². The quantitative estimate of drug-likeness (QED) is 0.735. The lowest BCUT2D eigenvalue weighted by Gasteiger charge is -2.27. The first-order valence-corrected chi connectivity index (χ1v) is 6.74. The van der Waals surface area contributed by atoms with Gasteiger partial charge in [0.05, 0.1) is 11.7 Å². The number of thioether (sulfide) groups is 1. The van der Waals surface area contributed by atoms with Gasteiger partial charge in [0.2, 0.25) is 0 Å². The number of hydrazone groups is 1. The molecule has 3 heterocycles. The summed E-state index contributed by atoms with van der Waals surface area (Å²) in [7, 11) is 0. The van der Waals surface area contributed by atoms with E-state index in [0.29, 0.717) is 12.3 Å². The van der Waals surface area contributed by atoms with E-state index in [1.165, 1.54) is 12.1 Å². The van der Waals surface area contributed by atoms with Gasteiger partial charge in [0, 0.05) is 0 Å². The molecule has 0 bridgehead atoms. The molecule has 1 fully saturated rings. The summed E-state index contributed by atoms with van der Waals surface area (Å²) in [6.07, 6.45) is 2.01. The van der Waals surface area contributed by atoms with Crippen molar-refractivity contribution in [1.29, 1.82) is 0 Å². The van der Waals surface area contributed by atoms with Crippen molar-refractivity contribution < 1.29 is 13.9 Å². The molecule has 0 aromatic heterocycles. The molecule has 19 heavy (non-hydrogen) atoms. The Kier molecular flexibility index (Phi) is 2.09. The molecule has 0 amide bonds. The van der Waals surface area contributed by atoms with E-state index >= 15 is 0 Å². The van der Waals surface area contributed by atoms with Gasteiger partial charge in [-0.15, -0.1) is 11.8 Å². The fraction of sp³-hybridized carbons (Fsp3) is 0.231. The van der Waals surface area contributed by atoms with Crippen LogP contribution in [0.5, 0.6) is 0 Å².